The van der Waals surface area contributed by atoms with Crippen LogP contribution in [0.25, 0.3) is 65.8 Å². The maximum Gasteiger partial charge on any atom is 0.153 e. The molecule has 202 valence electrons. The number of fused-ring (bicyclic) bond motifs is 7. The van der Waals surface area contributed by atoms with Crippen molar-refractivity contribution in [1.29, 1.82) is 0 Å². The molecule has 0 bridgehead atoms. The molecule has 0 aliphatic heterocycles. The molecule has 0 radical (unpaired) electrons. The Bertz CT molecular complexity index is 2480. The van der Waals surface area contributed by atoms with Gasteiger partial charge in [0.1, 0.15) is 11.2 Å². The zero-order valence-electron chi connectivity index (χ0n) is 22.9. The smallest absolute Gasteiger partial charge is 0.153 e. The van der Waals surface area contributed by atoms with Crippen LogP contribution in [0.1, 0.15) is 0 Å². The van der Waals surface area contributed by atoms with Gasteiger partial charge in [-0.2, -0.15) is 0 Å². The van der Waals surface area contributed by atoms with Crippen LogP contribution in [0.2, 0.25) is 0 Å². The summed E-state index contributed by atoms with van der Waals surface area (Å²) in [7, 11) is 0. The van der Waals surface area contributed by atoms with E-state index in [1.54, 1.807) is 24.8 Å². The minimum Gasteiger partial charge on any atom is -0.454 e. The van der Waals surface area contributed by atoms with Gasteiger partial charge in [0.2, 0.25) is 0 Å². The Labute approximate surface area is 246 Å². The van der Waals surface area contributed by atoms with Gasteiger partial charge in [-0.3, -0.25) is 9.97 Å². The van der Waals surface area contributed by atoms with E-state index in [0.29, 0.717) is 0 Å². The molecule has 9 aromatic rings. The van der Waals surface area contributed by atoms with Crippen molar-refractivity contribution in [2.75, 3.05) is 4.90 Å². The molecule has 5 nitrogen and oxygen atoms in total. The minimum absolute atomic E-state index is 0.776. The lowest BCUT2D eigenvalue weighted by molar-refractivity contribution is 0.666. The summed E-state index contributed by atoms with van der Waals surface area (Å²) in [6.45, 7) is 0. The third kappa shape index (κ3) is 3.86. The van der Waals surface area contributed by atoms with Gasteiger partial charge >= 0.3 is 0 Å². The fourth-order valence-electron chi connectivity index (χ4n) is 6.15. The van der Waals surface area contributed by atoms with Crippen molar-refractivity contribution < 1.29 is 8.83 Å². The first-order valence-corrected chi connectivity index (χ1v) is 14.2. The maximum absolute atomic E-state index is 6.25. The monoisotopic (exact) mass is 553 g/mol. The van der Waals surface area contributed by atoms with E-state index in [2.05, 4.69) is 106 Å². The number of nitrogens with zero attached hydrogens (tertiary/aromatic N) is 3. The number of hydrogen-bond acceptors (Lipinski definition) is 5. The number of anilines is 3. The first kappa shape index (κ1) is 23.7. The predicted octanol–water partition coefficient (Wildman–Crippen LogP) is 10.6. The molecule has 4 aromatic heterocycles. The summed E-state index contributed by atoms with van der Waals surface area (Å²) < 4.78 is 12.4. The van der Waals surface area contributed by atoms with Crippen molar-refractivity contribution in [2.24, 2.45) is 0 Å². The normalized spacial score (nSPS) is 11.7. The number of benzene rings is 5. The minimum atomic E-state index is 0.776. The summed E-state index contributed by atoms with van der Waals surface area (Å²) in [6.07, 6.45) is 7.15. The summed E-state index contributed by atoms with van der Waals surface area (Å²) in [4.78, 5) is 10.8. The van der Waals surface area contributed by atoms with Gasteiger partial charge in [-0.1, -0.05) is 48.5 Å². The zero-order valence-corrected chi connectivity index (χ0v) is 22.9. The fraction of sp³-hybridized carbons (Fsp3) is 0. The van der Waals surface area contributed by atoms with E-state index in [1.165, 1.54) is 21.9 Å². The molecule has 0 unspecified atom stereocenters. The first-order chi connectivity index (χ1) is 21.3. The topological polar surface area (TPSA) is 55.3 Å². The summed E-state index contributed by atoms with van der Waals surface area (Å²) in [5.41, 5.74) is 8.64. The van der Waals surface area contributed by atoms with Crippen molar-refractivity contribution in [2.45, 2.75) is 0 Å². The molecule has 0 fully saturated rings. The lowest BCUT2D eigenvalue weighted by Crippen LogP contribution is -2.09. The summed E-state index contributed by atoms with van der Waals surface area (Å²) in [5.74, 6) is 0. The molecule has 0 aliphatic carbocycles. The van der Waals surface area contributed by atoms with Crippen LogP contribution < -0.4 is 4.90 Å². The Hall–Kier alpha value is -5.94. The second-order valence-corrected chi connectivity index (χ2v) is 10.8. The van der Waals surface area contributed by atoms with Crippen LogP contribution >= 0.6 is 0 Å². The number of hydrogen-bond donors (Lipinski definition) is 0. The standard InChI is InChI=1S/C38H23N3O2/c1-2-4-24(5-3-1)26-7-6-25-8-9-28(19-27(25)18-26)41(29-11-13-35-34(20-29)33-15-17-40-23-38(33)42-35)30-10-12-31-32-14-16-39-22-37(32)43-36(31)21-30/h1-23H. The van der Waals surface area contributed by atoms with Crippen LogP contribution in [0.5, 0.6) is 0 Å². The SMILES string of the molecule is c1ccc(-c2ccc3ccc(N(c4ccc5c(c4)oc4cnccc45)c4ccc5oc6cnccc6c5c4)cc3c2)cc1. The van der Waals surface area contributed by atoms with Gasteiger partial charge in [-0.15, -0.1) is 0 Å². The molecule has 9 rings (SSSR count). The van der Waals surface area contributed by atoms with Gasteiger partial charge in [0.15, 0.2) is 11.2 Å². The van der Waals surface area contributed by atoms with Crippen molar-refractivity contribution in [3.8, 4) is 11.1 Å². The van der Waals surface area contributed by atoms with E-state index < -0.39 is 0 Å². The average Bonchev–Trinajstić information content (AvgIpc) is 3.63. The molecule has 0 N–H and O–H groups in total. The van der Waals surface area contributed by atoms with Crippen molar-refractivity contribution in [3.05, 3.63) is 140 Å². The predicted molar refractivity (Wildman–Crippen MR) is 174 cm³/mol. The quantitative estimate of drug-likeness (QED) is 0.217. The number of furan rings is 2. The Morgan fingerprint density at radius 1 is 0.419 bits per heavy atom. The fourth-order valence-corrected chi connectivity index (χ4v) is 6.15. The molecular formula is C38H23N3O2. The van der Waals surface area contributed by atoms with E-state index in [9.17, 15) is 0 Å². The molecule has 0 amide bonds. The zero-order chi connectivity index (χ0) is 28.3. The molecule has 0 saturated heterocycles. The first-order valence-electron chi connectivity index (χ1n) is 14.2. The van der Waals surface area contributed by atoms with E-state index in [1.807, 2.05) is 24.3 Å². The van der Waals surface area contributed by atoms with Crippen molar-refractivity contribution in [1.82, 2.24) is 9.97 Å². The van der Waals surface area contributed by atoms with E-state index in [0.717, 1.165) is 60.9 Å². The molecule has 43 heavy (non-hydrogen) atoms. The molecule has 0 saturated carbocycles. The number of aromatic nitrogens is 2. The lowest BCUT2D eigenvalue weighted by atomic mass is 10.0. The molecule has 4 heterocycles. The van der Waals surface area contributed by atoms with Crippen LogP contribution in [0.15, 0.2) is 149 Å². The van der Waals surface area contributed by atoms with E-state index in [4.69, 9.17) is 8.83 Å². The van der Waals surface area contributed by atoms with Gasteiger partial charge in [0.25, 0.3) is 0 Å². The number of pyridine rings is 2. The lowest BCUT2D eigenvalue weighted by Gasteiger charge is -2.26. The van der Waals surface area contributed by atoms with Crippen molar-refractivity contribution >= 4 is 71.7 Å². The molecule has 0 spiro atoms. The largest absolute Gasteiger partial charge is 0.454 e. The Balaban J connectivity index is 1.26. The van der Waals surface area contributed by atoms with Gasteiger partial charge in [0, 0.05) is 57.1 Å². The van der Waals surface area contributed by atoms with Crippen LogP contribution in [0.3, 0.4) is 0 Å². The van der Waals surface area contributed by atoms with E-state index >= 15 is 0 Å². The highest BCUT2D eigenvalue weighted by Crippen LogP contribution is 2.41. The maximum atomic E-state index is 6.25. The van der Waals surface area contributed by atoms with Gasteiger partial charge in [0.05, 0.1) is 12.4 Å². The molecule has 0 atom stereocenters. The Morgan fingerprint density at radius 2 is 1.07 bits per heavy atom. The molecule has 5 aromatic carbocycles. The summed E-state index contributed by atoms with van der Waals surface area (Å²) in [6, 6.07) is 40.5. The second kappa shape index (κ2) is 9.29. The Morgan fingerprint density at radius 3 is 1.91 bits per heavy atom. The number of rotatable bonds is 4. The highest BCUT2D eigenvalue weighted by Gasteiger charge is 2.18. The van der Waals surface area contributed by atoms with E-state index in [-0.39, 0.29) is 0 Å². The van der Waals surface area contributed by atoms with Crippen LogP contribution in [0.4, 0.5) is 17.1 Å². The van der Waals surface area contributed by atoms with Crippen LogP contribution in [-0.2, 0) is 0 Å². The Kier molecular flexibility index (Phi) is 5.13. The molecular weight excluding hydrogens is 530 g/mol. The van der Waals surface area contributed by atoms with Crippen LogP contribution in [0, 0.1) is 0 Å². The molecule has 0 aliphatic rings. The van der Waals surface area contributed by atoms with Gasteiger partial charge in [-0.05, 0) is 82.6 Å². The second-order valence-electron chi connectivity index (χ2n) is 10.8. The third-order valence-electron chi connectivity index (χ3n) is 8.22. The highest BCUT2D eigenvalue weighted by molar-refractivity contribution is 6.08. The summed E-state index contributed by atoms with van der Waals surface area (Å²) >= 11 is 0. The average molecular weight is 554 g/mol. The third-order valence-corrected chi connectivity index (χ3v) is 8.22. The van der Waals surface area contributed by atoms with Gasteiger partial charge in [-0.25, -0.2) is 0 Å². The summed E-state index contributed by atoms with van der Waals surface area (Å²) in [5, 5.41) is 6.56. The van der Waals surface area contributed by atoms with Crippen LogP contribution in [-0.4, -0.2) is 9.97 Å². The van der Waals surface area contributed by atoms with Gasteiger partial charge < -0.3 is 13.7 Å². The molecule has 5 heteroatoms. The van der Waals surface area contributed by atoms with Crippen molar-refractivity contribution in [3.63, 3.8) is 0 Å². The highest BCUT2D eigenvalue weighted by atomic mass is 16.3.